The van der Waals surface area contributed by atoms with E-state index in [0.29, 0.717) is 5.56 Å². The molecule has 0 aliphatic heterocycles. The van der Waals surface area contributed by atoms with E-state index in [2.05, 4.69) is 26.0 Å². The molecule has 2 aromatic heterocycles. The molecule has 108 valence electrons. The molecule has 0 bridgehead atoms. The molecule has 0 atom stereocenters. The van der Waals surface area contributed by atoms with Gasteiger partial charge in [0.25, 0.3) is 0 Å². The summed E-state index contributed by atoms with van der Waals surface area (Å²) in [5.74, 6) is 0. The Bertz CT molecular complexity index is 807. The van der Waals surface area contributed by atoms with Crippen molar-refractivity contribution in [3.63, 3.8) is 0 Å². The van der Waals surface area contributed by atoms with Crippen LogP contribution in [0.25, 0.3) is 22.3 Å². The summed E-state index contributed by atoms with van der Waals surface area (Å²) in [7, 11) is 1.57. The van der Waals surface area contributed by atoms with Crippen LogP contribution < -0.4 is 0 Å². The number of benzene rings is 1. The van der Waals surface area contributed by atoms with Crippen LogP contribution in [0.5, 0.6) is 0 Å². The number of nitrogens with zero attached hydrogens (tertiary/aromatic N) is 3. The van der Waals surface area contributed by atoms with Crippen LogP contribution in [0.15, 0.2) is 41.0 Å². The highest BCUT2D eigenvalue weighted by molar-refractivity contribution is 9.10. The maximum Gasteiger partial charge on any atom is 0.417 e. The van der Waals surface area contributed by atoms with Gasteiger partial charge in [0.2, 0.25) is 0 Å². The van der Waals surface area contributed by atoms with Crippen molar-refractivity contribution in [3.8, 4) is 11.3 Å². The summed E-state index contributed by atoms with van der Waals surface area (Å²) < 4.78 is 41.8. The summed E-state index contributed by atoms with van der Waals surface area (Å²) >= 11 is 3.29. The van der Waals surface area contributed by atoms with Gasteiger partial charge in [-0.1, -0.05) is 28.1 Å². The van der Waals surface area contributed by atoms with Crippen LogP contribution in [-0.4, -0.2) is 14.8 Å². The molecule has 0 amide bonds. The Morgan fingerprint density at radius 3 is 2.43 bits per heavy atom. The number of halogens is 4. The minimum Gasteiger partial charge on any atom is -0.250 e. The van der Waals surface area contributed by atoms with E-state index in [1.807, 2.05) is 0 Å². The highest BCUT2D eigenvalue weighted by Crippen LogP contribution is 2.36. The summed E-state index contributed by atoms with van der Waals surface area (Å²) in [4.78, 5) is 4.29. The van der Waals surface area contributed by atoms with Crippen LogP contribution in [0.4, 0.5) is 13.2 Å². The molecule has 1 aromatic carbocycles. The van der Waals surface area contributed by atoms with Crippen LogP contribution in [-0.2, 0) is 13.2 Å². The maximum absolute atomic E-state index is 13.2. The smallest absolute Gasteiger partial charge is 0.250 e. The molecule has 0 spiro atoms. The Balaban J connectivity index is 2.29. The monoisotopic (exact) mass is 355 g/mol. The first kappa shape index (κ1) is 14.1. The van der Waals surface area contributed by atoms with Gasteiger partial charge in [-0.05, 0) is 18.2 Å². The Labute approximate surface area is 126 Å². The van der Waals surface area contributed by atoms with E-state index in [0.717, 1.165) is 10.5 Å². The zero-order valence-electron chi connectivity index (χ0n) is 10.8. The molecule has 0 aliphatic carbocycles. The van der Waals surface area contributed by atoms with Crippen molar-refractivity contribution < 1.29 is 13.2 Å². The number of pyridine rings is 1. The van der Waals surface area contributed by atoms with Crippen LogP contribution in [0.3, 0.4) is 0 Å². The van der Waals surface area contributed by atoms with Crippen molar-refractivity contribution in [1.82, 2.24) is 14.8 Å². The standard InChI is InChI=1S/C14H9BrF3N3/c1-21-13-10(7-19-21)11(14(16,17)18)6-12(20-13)8-2-4-9(15)5-3-8/h2-7H,1H3. The molecular weight excluding hydrogens is 347 g/mol. The molecule has 3 nitrogen and oxygen atoms in total. The van der Waals surface area contributed by atoms with E-state index in [4.69, 9.17) is 0 Å². The maximum atomic E-state index is 13.2. The van der Waals surface area contributed by atoms with Crippen molar-refractivity contribution >= 4 is 27.0 Å². The van der Waals surface area contributed by atoms with Gasteiger partial charge in [0.15, 0.2) is 5.65 Å². The predicted molar refractivity (Wildman–Crippen MR) is 76.6 cm³/mol. The summed E-state index contributed by atoms with van der Waals surface area (Å²) in [5, 5.41) is 3.87. The fourth-order valence-electron chi connectivity index (χ4n) is 2.12. The van der Waals surface area contributed by atoms with E-state index < -0.39 is 11.7 Å². The van der Waals surface area contributed by atoms with Gasteiger partial charge < -0.3 is 0 Å². The average Bonchev–Trinajstić information content (AvgIpc) is 2.79. The van der Waals surface area contributed by atoms with Gasteiger partial charge in [0.05, 0.1) is 22.8 Å². The zero-order chi connectivity index (χ0) is 15.2. The molecule has 21 heavy (non-hydrogen) atoms. The van der Waals surface area contributed by atoms with E-state index in [9.17, 15) is 13.2 Å². The van der Waals surface area contributed by atoms with Crippen molar-refractivity contribution in [2.75, 3.05) is 0 Å². The Morgan fingerprint density at radius 1 is 1.14 bits per heavy atom. The average molecular weight is 356 g/mol. The number of rotatable bonds is 1. The summed E-state index contributed by atoms with van der Waals surface area (Å²) in [5.41, 5.74) is 0.374. The molecule has 2 heterocycles. The summed E-state index contributed by atoms with van der Waals surface area (Å²) in [6.07, 6.45) is -3.26. The predicted octanol–water partition coefficient (Wildman–Crippen LogP) is 4.42. The second kappa shape index (κ2) is 4.84. The molecule has 3 rings (SSSR count). The van der Waals surface area contributed by atoms with Gasteiger partial charge in [0, 0.05) is 17.1 Å². The summed E-state index contributed by atoms with van der Waals surface area (Å²) in [6.45, 7) is 0. The van der Waals surface area contributed by atoms with Crippen molar-refractivity contribution in [1.29, 1.82) is 0 Å². The number of hydrogen-bond donors (Lipinski definition) is 0. The lowest BCUT2D eigenvalue weighted by atomic mass is 10.1. The molecule has 0 unspecified atom stereocenters. The normalized spacial score (nSPS) is 12.0. The van der Waals surface area contributed by atoms with Gasteiger partial charge in [0.1, 0.15) is 0 Å². The molecule has 0 fully saturated rings. The Morgan fingerprint density at radius 2 is 1.81 bits per heavy atom. The third-order valence-corrected chi connectivity index (χ3v) is 3.68. The van der Waals surface area contributed by atoms with Gasteiger partial charge in [-0.25, -0.2) is 4.98 Å². The third kappa shape index (κ3) is 2.53. The van der Waals surface area contributed by atoms with Gasteiger partial charge >= 0.3 is 6.18 Å². The first-order valence-electron chi connectivity index (χ1n) is 6.02. The second-order valence-corrected chi connectivity index (χ2v) is 5.48. The van der Waals surface area contributed by atoms with Crippen molar-refractivity contribution in [2.45, 2.75) is 6.18 Å². The minimum atomic E-state index is -4.45. The molecule has 0 aliphatic rings. The largest absolute Gasteiger partial charge is 0.417 e. The zero-order valence-corrected chi connectivity index (χ0v) is 12.4. The van der Waals surface area contributed by atoms with E-state index in [1.54, 1.807) is 31.3 Å². The molecule has 0 radical (unpaired) electrons. The fraction of sp³-hybridized carbons (Fsp3) is 0.143. The van der Waals surface area contributed by atoms with Crippen molar-refractivity contribution in [3.05, 3.63) is 46.6 Å². The first-order valence-corrected chi connectivity index (χ1v) is 6.81. The highest BCUT2D eigenvalue weighted by Gasteiger charge is 2.34. The number of fused-ring (bicyclic) bond motifs is 1. The fourth-order valence-corrected chi connectivity index (χ4v) is 2.38. The molecular formula is C14H9BrF3N3. The number of aromatic nitrogens is 3. The van der Waals surface area contributed by atoms with Gasteiger partial charge in [-0.2, -0.15) is 18.3 Å². The van der Waals surface area contributed by atoms with Gasteiger partial charge in [-0.15, -0.1) is 0 Å². The molecule has 0 saturated heterocycles. The quantitative estimate of drug-likeness (QED) is 0.646. The number of aryl methyl sites for hydroxylation is 1. The SMILES string of the molecule is Cn1ncc2c(C(F)(F)F)cc(-c3ccc(Br)cc3)nc21. The van der Waals surface area contributed by atoms with Crippen molar-refractivity contribution in [2.24, 2.45) is 7.05 Å². The molecule has 7 heteroatoms. The Hall–Kier alpha value is -1.89. The van der Waals surface area contributed by atoms with E-state index >= 15 is 0 Å². The topological polar surface area (TPSA) is 30.7 Å². The minimum absolute atomic E-state index is 0.00543. The summed E-state index contributed by atoms with van der Waals surface area (Å²) in [6, 6.07) is 8.02. The second-order valence-electron chi connectivity index (χ2n) is 4.57. The van der Waals surface area contributed by atoms with Crippen LogP contribution in [0.1, 0.15) is 5.56 Å². The lowest BCUT2D eigenvalue weighted by Gasteiger charge is -2.10. The van der Waals surface area contributed by atoms with E-state index in [-0.39, 0.29) is 16.7 Å². The first-order chi connectivity index (χ1) is 9.86. The highest BCUT2D eigenvalue weighted by atomic mass is 79.9. The molecule has 0 saturated carbocycles. The van der Waals surface area contributed by atoms with Gasteiger partial charge in [-0.3, -0.25) is 4.68 Å². The molecule has 3 aromatic rings. The van der Waals surface area contributed by atoms with Crippen LogP contribution >= 0.6 is 15.9 Å². The van der Waals surface area contributed by atoms with Crippen LogP contribution in [0, 0.1) is 0 Å². The Kier molecular flexibility index (Phi) is 3.24. The number of alkyl halides is 3. The lowest BCUT2D eigenvalue weighted by molar-refractivity contribution is -0.136. The van der Waals surface area contributed by atoms with Crippen LogP contribution in [0.2, 0.25) is 0 Å². The molecule has 0 N–H and O–H groups in total. The number of hydrogen-bond acceptors (Lipinski definition) is 2. The third-order valence-electron chi connectivity index (χ3n) is 3.15. The lowest BCUT2D eigenvalue weighted by Crippen LogP contribution is -2.07. The van der Waals surface area contributed by atoms with E-state index in [1.165, 1.54) is 10.9 Å².